The lowest BCUT2D eigenvalue weighted by molar-refractivity contribution is 0.230. The second-order valence-corrected chi connectivity index (χ2v) is 4.74. The van der Waals surface area contributed by atoms with Crippen LogP contribution in [-0.4, -0.2) is 25.0 Å². The van der Waals surface area contributed by atoms with Crippen molar-refractivity contribution in [2.45, 2.75) is 6.61 Å². The van der Waals surface area contributed by atoms with Crippen LogP contribution in [0.2, 0.25) is 0 Å². The van der Waals surface area contributed by atoms with Crippen LogP contribution in [0, 0.1) is 5.82 Å². The quantitative estimate of drug-likeness (QED) is 0.935. The number of carbonyl (C=O) groups excluding carboxylic acids is 1. The van der Waals surface area contributed by atoms with E-state index in [2.05, 4.69) is 5.32 Å². The summed E-state index contributed by atoms with van der Waals surface area (Å²) in [7, 11) is 3.23. The molecule has 0 bridgehead atoms. The van der Waals surface area contributed by atoms with Gasteiger partial charge >= 0.3 is 6.03 Å². The molecule has 0 aliphatic rings. The summed E-state index contributed by atoms with van der Waals surface area (Å²) in [5.74, 6) is -0.357. The number of nitrogens with one attached hydrogen (secondary N) is 1. The van der Waals surface area contributed by atoms with Gasteiger partial charge in [-0.1, -0.05) is 30.3 Å². The summed E-state index contributed by atoms with van der Waals surface area (Å²) in [5, 5.41) is 2.57. The summed E-state index contributed by atoms with van der Waals surface area (Å²) in [6, 6.07) is 13.5. The highest BCUT2D eigenvalue weighted by molar-refractivity contribution is 5.88. The van der Waals surface area contributed by atoms with Crippen molar-refractivity contribution in [3.63, 3.8) is 0 Å². The van der Waals surface area contributed by atoms with Crippen LogP contribution < -0.4 is 10.1 Å². The Bertz CT molecular complexity index is 615. The minimum Gasteiger partial charge on any atom is -0.486 e. The van der Waals surface area contributed by atoms with Crippen LogP contribution in [0.4, 0.5) is 14.9 Å². The third-order valence-corrected chi connectivity index (χ3v) is 2.83. The Morgan fingerprint density at radius 3 is 2.52 bits per heavy atom. The monoisotopic (exact) mass is 288 g/mol. The van der Waals surface area contributed by atoms with E-state index < -0.39 is 5.82 Å². The van der Waals surface area contributed by atoms with Gasteiger partial charge in [0.1, 0.15) is 6.61 Å². The number of amides is 2. The predicted octanol–water partition coefficient (Wildman–Crippen LogP) is 3.50. The van der Waals surface area contributed by atoms with Crippen molar-refractivity contribution in [3.05, 3.63) is 59.9 Å². The summed E-state index contributed by atoms with van der Waals surface area (Å²) in [5.41, 5.74) is 1.35. The average Bonchev–Trinajstić information content (AvgIpc) is 2.47. The maximum atomic E-state index is 13.9. The third kappa shape index (κ3) is 4.21. The molecule has 0 aliphatic heterocycles. The van der Waals surface area contributed by atoms with Crippen LogP contribution in [0.15, 0.2) is 48.5 Å². The van der Waals surface area contributed by atoms with Crippen molar-refractivity contribution >= 4 is 11.7 Å². The van der Waals surface area contributed by atoms with Gasteiger partial charge < -0.3 is 15.0 Å². The highest BCUT2D eigenvalue weighted by atomic mass is 19.1. The number of anilines is 1. The lowest BCUT2D eigenvalue weighted by atomic mass is 10.2. The van der Waals surface area contributed by atoms with Crippen LogP contribution in [-0.2, 0) is 6.61 Å². The Morgan fingerprint density at radius 2 is 1.90 bits per heavy atom. The molecule has 2 aromatic rings. The minimum absolute atomic E-state index is 0.154. The zero-order valence-electron chi connectivity index (χ0n) is 12.0. The van der Waals surface area contributed by atoms with E-state index >= 15 is 0 Å². The molecule has 2 aromatic carbocycles. The first-order chi connectivity index (χ1) is 10.1. The van der Waals surface area contributed by atoms with Gasteiger partial charge in [-0.15, -0.1) is 0 Å². The van der Waals surface area contributed by atoms with Crippen molar-refractivity contribution in [3.8, 4) is 5.75 Å². The molecule has 5 heteroatoms. The summed E-state index contributed by atoms with van der Waals surface area (Å²) in [6.45, 7) is 0.293. The molecule has 110 valence electrons. The predicted molar refractivity (Wildman–Crippen MR) is 79.9 cm³/mol. The van der Waals surface area contributed by atoms with E-state index in [1.165, 1.54) is 17.0 Å². The fourth-order valence-electron chi connectivity index (χ4n) is 1.67. The Balaban J connectivity index is 2.01. The molecule has 0 saturated carbocycles. The summed E-state index contributed by atoms with van der Waals surface area (Å²) >= 11 is 0. The van der Waals surface area contributed by atoms with Gasteiger partial charge in [0.15, 0.2) is 11.6 Å². The summed E-state index contributed by atoms with van der Waals surface area (Å²) in [4.78, 5) is 12.9. The number of hydrogen-bond donors (Lipinski definition) is 1. The number of hydrogen-bond acceptors (Lipinski definition) is 2. The van der Waals surface area contributed by atoms with E-state index in [0.717, 1.165) is 5.56 Å². The summed E-state index contributed by atoms with van der Waals surface area (Å²) in [6.07, 6.45) is 0. The van der Waals surface area contributed by atoms with Crippen LogP contribution in [0.5, 0.6) is 5.75 Å². The first kappa shape index (κ1) is 14.8. The first-order valence-electron chi connectivity index (χ1n) is 6.51. The molecule has 0 spiro atoms. The van der Waals surface area contributed by atoms with Crippen LogP contribution >= 0.6 is 0 Å². The molecular weight excluding hydrogens is 271 g/mol. The molecular formula is C16H17FN2O2. The number of ether oxygens (including phenoxy) is 1. The van der Waals surface area contributed by atoms with Gasteiger partial charge in [0.05, 0.1) is 0 Å². The topological polar surface area (TPSA) is 41.6 Å². The highest BCUT2D eigenvalue weighted by Gasteiger charge is 2.08. The van der Waals surface area contributed by atoms with Gasteiger partial charge in [0.25, 0.3) is 0 Å². The van der Waals surface area contributed by atoms with Crippen LogP contribution in [0.25, 0.3) is 0 Å². The van der Waals surface area contributed by atoms with E-state index in [1.54, 1.807) is 20.2 Å². The smallest absolute Gasteiger partial charge is 0.321 e. The first-order valence-corrected chi connectivity index (χ1v) is 6.51. The number of carbonyl (C=O) groups is 1. The highest BCUT2D eigenvalue weighted by Crippen LogP contribution is 2.22. The molecule has 0 atom stereocenters. The standard InChI is InChI=1S/C16H17FN2O2/c1-19(2)16(20)18-13-8-9-15(14(17)10-13)21-11-12-6-4-3-5-7-12/h3-10H,11H2,1-2H3,(H,18,20). The fraction of sp³-hybridized carbons (Fsp3) is 0.188. The molecule has 0 fully saturated rings. The normalized spacial score (nSPS) is 10.0. The minimum atomic E-state index is -0.512. The van der Waals surface area contributed by atoms with E-state index in [1.807, 2.05) is 30.3 Å². The number of nitrogens with zero attached hydrogens (tertiary/aromatic N) is 1. The molecule has 4 nitrogen and oxygen atoms in total. The van der Waals surface area contributed by atoms with Gasteiger partial charge in [-0.3, -0.25) is 0 Å². The molecule has 0 heterocycles. The van der Waals surface area contributed by atoms with Crippen molar-refractivity contribution in [1.82, 2.24) is 4.90 Å². The summed E-state index contributed by atoms with van der Waals surface area (Å²) < 4.78 is 19.3. The zero-order valence-corrected chi connectivity index (χ0v) is 12.0. The maximum absolute atomic E-state index is 13.9. The van der Waals surface area contributed by atoms with E-state index in [0.29, 0.717) is 12.3 Å². The Hall–Kier alpha value is -2.56. The Labute approximate surface area is 123 Å². The molecule has 0 radical (unpaired) electrons. The van der Waals surface area contributed by atoms with Gasteiger partial charge in [0.2, 0.25) is 0 Å². The van der Waals surface area contributed by atoms with Gasteiger partial charge in [-0.25, -0.2) is 9.18 Å². The van der Waals surface area contributed by atoms with Crippen molar-refractivity contribution in [2.75, 3.05) is 19.4 Å². The number of halogens is 1. The van der Waals surface area contributed by atoms with Crippen molar-refractivity contribution < 1.29 is 13.9 Å². The molecule has 2 rings (SSSR count). The zero-order chi connectivity index (χ0) is 15.2. The van der Waals surface area contributed by atoms with E-state index in [4.69, 9.17) is 4.74 Å². The molecule has 0 aliphatic carbocycles. The molecule has 2 amide bonds. The lowest BCUT2D eigenvalue weighted by Crippen LogP contribution is -2.27. The van der Waals surface area contributed by atoms with Gasteiger partial charge in [-0.2, -0.15) is 0 Å². The number of urea groups is 1. The number of rotatable bonds is 4. The van der Waals surface area contributed by atoms with E-state index in [-0.39, 0.29) is 11.8 Å². The van der Waals surface area contributed by atoms with Gasteiger partial charge in [-0.05, 0) is 17.7 Å². The second kappa shape index (κ2) is 6.74. The SMILES string of the molecule is CN(C)C(=O)Nc1ccc(OCc2ccccc2)c(F)c1. The van der Waals surface area contributed by atoms with Crippen molar-refractivity contribution in [1.29, 1.82) is 0 Å². The third-order valence-electron chi connectivity index (χ3n) is 2.83. The van der Waals surface area contributed by atoms with Gasteiger partial charge in [0, 0.05) is 25.8 Å². The maximum Gasteiger partial charge on any atom is 0.321 e. The molecule has 0 aromatic heterocycles. The van der Waals surface area contributed by atoms with Crippen LogP contribution in [0.3, 0.4) is 0 Å². The second-order valence-electron chi connectivity index (χ2n) is 4.74. The van der Waals surface area contributed by atoms with Crippen molar-refractivity contribution in [2.24, 2.45) is 0 Å². The molecule has 0 unspecified atom stereocenters. The lowest BCUT2D eigenvalue weighted by Gasteiger charge is -2.13. The van der Waals surface area contributed by atoms with E-state index in [9.17, 15) is 9.18 Å². The Morgan fingerprint density at radius 1 is 1.19 bits per heavy atom. The Kier molecular flexibility index (Phi) is 4.77. The van der Waals surface area contributed by atoms with Crippen LogP contribution in [0.1, 0.15) is 5.56 Å². The largest absolute Gasteiger partial charge is 0.486 e. The molecule has 21 heavy (non-hydrogen) atoms. The average molecular weight is 288 g/mol. The fourth-order valence-corrected chi connectivity index (χ4v) is 1.67. The number of benzene rings is 2. The molecule has 0 saturated heterocycles. The molecule has 1 N–H and O–H groups in total.